The summed E-state index contributed by atoms with van der Waals surface area (Å²) in [5, 5.41) is 1.61. The molecule has 1 unspecified atom stereocenters. The number of anilines is 1. The molecule has 3 aromatic carbocycles. The minimum absolute atomic E-state index is 0.0722. The summed E-state index contributed by atoms with van der Waals surface area (Å²) in [6, 6.07) is 28.3. The summed E-state index contributed by atoms with van der Waals surface area (Å²) in [4.78, 5) is 18.5. The van der Waals surface area contributed by atoms with Gasteiger partial charge in [-0.25, -0.2) is 10.4 Å². The molecule has 36 heavy (non-hydrogen) atoms. The number of nitrogens with one attached hydrogen (secondary N) is 1. The second-order valence-corrected chi connectivity index (χ2v) is 9.57. The quantitative estimate of drug-likeness (QED) is 0.538. The Kier molecular flexibility index (Phi) is 7.35. The number of hydrazine groups is 1. The fraction of sp³-hybridized carbons (Fsp3) is 0.300. The molecule has 1 amide bonds. The fourth-order valence-corrected chi connectivity index (χ4v) is 4.99. The predicted octanol–water partition coefficient (Wildman–Crippen LogP) is 4.48. The van der Waals surface area contributed by atoms with E-state index in [0.717, 1.165) is 49.7 Å². The van der Waals surface area contributed by atoms with Crippen molar-refractivity contribution in [3.63, 3.8) is 0 Å². The summed E-state index contributed by atoms with van der Waals surface area (Å²) >= 11 is 0. The molecule has 6 heteroatoms. The largest absolute Gasteiger partial charge is 0.482 e. The Labute approximate surface area is 213 Å². The number of nitrogens with zero attached hydrogens (tertiary/aromatic N) is 3. The summed E-state index contributed by atoms with van der Waals surface area (Å²) in [5.74, 6) is 0.272. The first-order valence-corrected chi connectivity index (χ1v) is 12.7. The van der Waals surface area contributed by atoms with E-state index in [4.69, 9.17) is 4.74 Å². The number of aryl methyl sites for hydroxylation is 1. The number of amides is 1. The molecule has 0 saturated carbocycles. The monoisotopic (exact) mass is 482 g/mol. The van der Waals surface area contributed by atoms with Crippen molar-refractivity contribution in [3.05, 3.63) is 113 Å². The van der Waals surface area contributed by atoms with Gasteiger partial charge in [-0.1, -0.05) is 78.4 Å². The van der Waals surface area contributed by atoms with E-state index in [1.165, 1.54) is 11.1 Å². The van der Waals surface area contributed by atoms with Gasteiger partial charge >= 0.3 is 5.91 Å². The molecule has 1 N–H and O–H groups in total. The molecule has 5 rings (SSSR count). The molecule has 2 aliphatic heterocycles. The number of hydrogen-bond acceptors (Lipinski definition) is 5. The number of benzene rings is 3. The SMILES string of the molecule is Cc1cccc(CN2CCN(C3=C(OCc4ccccc4)C(=O)N(c4ccccc4)NC3C)CC2)c1. The zero-order valence-corrected chi connectivity index (χ0v) is 21.1. The minimum atomic E-state index is -0.160. The van der Waals surface area contributed by atoms with Crippen LogP contribution in [-0.2, 0) is 22.7 Å². The summed E-state index contributed by atoms with van der Waals surface area (Å²) in [5.41, 5.74) is 8.83. The van der Waals surface area contributed by atoms with Gasteiger partial charge in [0.2, 0.25) is 5.76 Å². The lowest BCUT2D eigenvalue weighted by atomic mass is 10.1. The molecule has 186 valence electrons. The highest BCUT2D eigenvalue weighted by molar-refractivity contribution is 6.05. The first kappa shape index (κ1) is 24.1. The van der Waals surface area contributed by atoms with E-state index in [9.17, 15) is 4.79 Å². The van der Waals surface area contributed by atoms with Crippen molar-refractivity contribution < 1.29 is 9.53 Å². The molecule has 0 spiro atoms. The lowest BCUT2D eigenvalue weighted by molar-refractivity contribution is -0.120. The summed E-state index contributed by atoms with van der Waals surface area (Å²) in [7, 11) is 0. The van der Waals surface area contributed by atoms with E-state index in [1.54, 1.807) is 5.01 Å². The van der Waals surface area contributed by atoms with E-state index in [1.807, 2.05) is 60.7 Å². The summed E-state index contributed by atoms with van der Waals surface area (Å²) < 4.78 is 6.30. The Hall–Kier alpha value is -3.61. The van der Waals surface area contributed by atoms with Gasteiger partial charge < -0.3 is 9.64 Å². The maximum Gasteiger partial charge on any atom is 0.309 e. The number of carbonyl (C=O) groups is 1. The average Bonchev–Trinajstić information content (AvgIpc) is 2.90. The number of hydrogen-bond donors (Lipinski definition) is 1. The number of carbonyl (C=O) groups excluding carboxylic acids is 1. The van der Waals surface area contributed by atoms with Gasteiger partial charge in [0.15, 0.2) is 0 Å². The van der Waals surface area contributed by atoms with Crippen molar-refractivity contribution in [1.29, 1.82) is 0 Å². The van der Waals surface area contributed by atoms with Crippen molar-refractivity contribution in [1.82, 2.24) is 15.2 Å². The Morgan fingerprint density at radius 1 is 0.861 bits per heavy atom. The molecule has 0 bridgehead atoms. The predicted molar refractivity (Wildman–Crippen MR) is 143 cm³/mol. The van der Waals surface area contributed by atoms with Crippen LogP contribution in [0.15, 0.2) is 96.4 Å². The Bertz CT molecular complexity index is 1200. The van der Waals surface area contributed by atoms with Crippen molar-refractivity contribution in [2.75, 3.05) is 31.2 Å². The fourth-order valence-electron chi connectivity index (χ4n) is 4.99. The molecular formula is C30H34N4O2. The molecule has 0 aromatic heterocycles. The van der Waals surface area contributed by atoms with Gasteiger partial charge in [0.05, 0.1) is 17.4 Å². The van der Waals surface area contributed by atoms with Crippen LogP contribution in [0.1, 0.15) is 23.6 Å². The minimum Gasteiger partial charge on any atom is -0.482 e. The molecule has 1 fully saturated rings. The van der Waals surface area contributed by atoms with Crippen LogP contribution in [0.3, 0.4) is 0 Å². The van der Waals surface area contributed by atoms with Crippen molar-refractivity contribution in [3.8, 4) is 0 Å². The van der Waals surface area contributed by atoms with Crippen LogP contribution in [0.2, 0.25) is 0 Å². The van der Waals surface area contributed by atoms with Crippen molar-refractivity contribution in [2.24, 2.45) is 0 Å². The van der Waals surface area contributed by atoms with Gasteiger partial charge in [0.1, 0.15) is 6.61 Å². The molecule has 3 aromatic rings. The molecule has 1 saturated heterocycles. The highest BCUT2D eigenvalue weighted by atomic mass is 16.5. The lowest BCUT2D eigenvalue weighted by Gasteiger charge is -2.43. The third kappa shape index (κ3) is 5.45. The molecular weight excluding hydrogens is 448 g/mol. The molecule has 0 radical (unpaired) electrons. The molecule has 2 aliphatic rings. The van der Waals surface area contributed by atoms with Crippen LogP contribution >= 0.6 is 0 Å². The molecule has 6 nitrogen and oxygen atoms in total. The van der Waals surface area contributed by atoms with E-state index in [2.05, 4.69) is 53.3 Å². The van der Waals surface area contributed by atoms with E-state index < -0.39 is 0 Å². The van der Waals surface area contributed by atoms with Crippen LogP contribution in [-0.4, -0.2) is 47.9 Å². The Morgan fingerprint density at radius 2 is 1.53 bits per heavy atom. The average molecular weight is 483 g/mol. The Morgan fingerprint density at radius 3 is 2.22 bits per heavy atom. The van der Waals surface area contributed by atoms with E-state index in [-0.39, 0.29) is 11.9 Å². The second kappa shape index (κ2) is 11.0. The van der Waals surface area contributed by atoms with E-state index >= 15 is 0 Å². The van der Waals surface area contributed by atoms with Gasteiger partial charge in [-0.3, -0.25) is 9.69 Å². The van der Waals surface area contributed by atoms with Crippen LogP contribution in [0.4, 0.5) is 5.69 Å². The number of rotatable bonds is 7. The summed E-state index contributed by atoms with van der Waals surface area (Å²) in [6.45, 7) is 9.11. The number of para-hydroxylation sites is 1. The molecule has 1 atom stereocenters. The smallest absolute Gasteiger partial charge is 0.309 e. The maximum atomic E-state index is 13.7. The van der Waals surface area contributed by atoms with Crippen molar-refractivity contribution in [2.45, 2.75) is 33.0 Å². The zero-order valence-electron chi connectivity index (χ0n) is 21.1. The van der Waals surface area contributed by atoms with Gasteiger partial charge in [0.25, 0.3) is 0 Å². The first-order valence-electron chi connectivity index (χ1n) is 12.7. The number of piperazine rings is 1. The van der Waals surface area contributed by atoms with Gasteiger partial charge in [-0.05, 0) is 37.1 Å². The topological polar surface area (TPSA) is 48.1 Å². The first-order chi connectivity index (χ1) is 17.6. The maximum absolute atomic E-state index is 13.7. The van der Waals surface area contributed by atoms with Gasteiger partial charge in [0, 0.05) is 32.7 Å². The highest BCUT2D eigenvalue weighted by Crippen LogP contribution is 2.28. The van der Waals surface area contributed by atoms with Crippen molar-refractivity contribution >= 4 is 11.6 Å². The van der Waals surface area contributed by atoms with Crippen LogP contribution in [0.25, 0.3) is 0 Å². The third-order valence-electron chi connectivity index (χ3n) is 6.80. The van der Waals surface area contributed by atoms with Crippen LogP contribution in [0, 0.1) is 6.92 Å². The second-order valence-electron chi connectivity index (χ2n) is 9.57. The van der Waals surface area contributed by atoms with Crippen LogP contribution in [0.5, 0.6) is 0 Å². The Balaban J connectivity index is 1.36. The standard InChI is InChI=1S/C30H34N4O2/c1-23-10-9-13-26(20-23)21-32-16-18-33(19-17-32)28-24(2)31-34(27-14-7-4-8-15-27)30(35)29(28)36-22-25-11-5-3-6-12-25/h3-15,20,24,31H,16-19,21-22H2,1-2H3. The van der Waals surface area contributed by atoms with Gasteiger partial charge in [-0.15, -0.1) is 0 Å². The van der Waals surface area contributed by atoms with Crippen LogP contribution < -0.4 is 10.4 Å². The van der Waals surface area contributed by atoms with E-state index in [0.29, 0.717) is 12.4 Å². The molecule has 0 aliphatic carbocycles. The number of ether oxygens (including phenoxy) is 1. The van der Waals surface area contributed by atoms with Gasteiger partial charge in [-0.2, -0.15) is 0 Å². The zero-order chi connectivity index (χ0) is 24.9. The lowest BCUT2D eigenvalue weighted by Crippen LogP contribution is -2.58. The summed E-state index contributed by atoms with van der Waals surface area (Å²) in [6.07, 6.45) is 0. The third-order valence-corrected chi connectivity index (χ3v) is 6.80. The highest BCUT2D eigenvalue weighted by Gasteiger charge is 2.37. The molecule has 2 heterocycles. The normalized spacial score (nSPS) is 19.1.